The monoisotopic (exact) mass is 265 g/mol. The van der Waals surface area contributed by atoms with Gasteiger partial charge in [-0.05, 0) is 55.8 Å². The van der Waals surface area contributed by atoms with E-state index in [4.69, 9.17) is 4.74 Å². The SMILES string of the molecule is OC(CNC1C2C3CCC(C3)C12)COC1CCCC1. The van der Waals surface area contributed by atoms with Gasteiger partial charge in [-0.25, -0.2) is 0 Å². The molecule has 19 heavy (non-hydrogen) atoms. The van der Waals surface area contributed by atoms with Crippen LogP contribution in [-0.2, 0) is 4.74 Å². The van der Waals surface area contributed by atoms with Crippen molar-refractivity contribution in [3.8, 4) is 0 Å². The number of hydrogen-bond donors (Lipinski definition) is 2. The van der Waals surface area contributed by atoms with Crippen LogP contribution < -0.4 is 5.32 Å². The van der Waals surface area contributed by atoms with Gasteiger partial charge in [0.15, 0.2) is 0 Å². The minimum Gasteiger partial charge on any atom is -0.389 e. The Bertz CT molecular complexity index is 313. The lowest BCUT2D eigenvalue weighted by atomic mass is 10.0. The van der Waals surface area contributed by atoms with Crippen molar-refractivity contribution in [1.82, 2.24) is 5.32 Å². The van der Waals surface area contributed by atoms with Crippen LogP contribution in [0, 0.1) is 23.7 Å². The van der Waals surface area contributed by atoms with E-state index in [0.29, 0.717) is 12.7 Å². The third kappa shape index (κ3) is 2.34. The zero-order valence-electron chi connectivity index (χ0n) is 11.8. The van der Waals surface area contributed by atoms with Gasteiger partial charge in [-0.2, -0.15) is 0 Å². The number of nitrogens with one attached hydrogen (secondary N) is 1. The minimum absolute atomic E-state index is 0.320. The topological polar surface area (TPSA) is 41.5 Å². The molecular weight excluding hydrogens is 238 g/mol. The van der Waals surface area contributed by atoms with Crippen LogP contribution >= 0.6 is 0 Å². The van der Waals surface area contributed by atoms with Crippen molar-refractivity contribution in [3.63, 3.8) is 0 Å². The molecule has 0 aromatic heterocycles. The highest BCUT2D eigenvalue weighted by atomic mass is 16.5. The predicted octanol–water partition coefficient (Wildman–Crippen LogP) is 1.94. The van der Waals surface area contributed by atoms with E-state index >= 15 is 0 Å². The van der Waals surface area contributed by atoms with E-state index in [9.17, 15) is 5.11 Å². The van der Waals surface area contributed by atoms with Crippen molar-refractivity contribution in [3.05, 3.63) is 0 Å². The maximum absolute atomic E-state index is 10.0. The number of aliphatic hydroxyl groups is 1. The zero-order valence-corrected chi connectivity index (χ0v) is 11.8. The molecule has 0 aromatic carbocycles. The third-order valence-electron chi connectivity index (χ3n) is 6.15. The molecule has 4 aliphatic carbocycles. The van der Waals surface area contributed by atoms with Crippen LogP contribution in [0.1, 0.15) is 44.9 Å². The molecule has 0 aromatic rings. The van der Waals surface area contributed by atoms with E-state index in [-0.39, 0.29) is 6.10 Å². The highest BCUT2D eigenvalue weighted by Crippen LogP contribution is 2.65. The molecule has 0 amide bonds. The Labute approximate surface area is 116 Å². The quantitative estimate of drug-likeness (QED) is 0.771. The fourth-order valence-electron chi connectivity index (χ4n) is 5.23. The van der Waals surface area contributed by atoms with Gasteiger partial charge in [0.2, 0.25) is 0 Å². The number of rotatable bonds is 6. The van der Waals surface area contributed by atoms with E-state index in [2.05, 4.69) is 5.32 Å². The first-order chi connectivity index (χ1) is 9.33. The number of fused-ring (bicyclic) bond motifs is 5. The van der Waals surface area contributed by atoms with Crippen molar-refractivity contribution in [2.45, 2.75) is 63.2 Å². The van der Waals surface area contributed by atoms with Crippen molar-refractivity contribution >= 4 is 0 Å². The van der Waals surface area contributed by atoms with Crippen molar-refractivity contribution in [1.29, 1.82) is 0 Å². The third-order valence-corrected chi connectivity index (χ3v) is 6.15. The van der Waals surface area contributed by atoms with E-state index in [1.807, 2.05) is 0 Å². The Hall–Kier alpha value is -0.120. The largest absolute Gasteiger partial charge is 0.389 e. The summed E-state index contributed by atoms with van der Waals surface area (Å²) in [6, 6.07) is 0.729. The molecule has 5 atom stereocenters. The standard InChI is InChI=1S/C16H27NO2/c18-12(9-19-13-3-1-2-4-13)8-17-16-14-10-5-6-11(7-10)15(14)16/h10-18H,1-9H2. The van der Waals surface area contributed by atoms with Gasteiger partial charge in [0, 0.05) is 12.6 Å². The Morgan fingerprint density at radius 3 is 2.42 bits per heavy atom. The Balaban J connectivity index is 1.15. The second-order valence-electron chi connectivity index (χ2n) is 7.32. The zero-order chi connectivity index (χ0) is 12.8. The van der Waals surface area contributed by atoms with E-state index in [0.717, 1.165) is 36.3 Å². The maximum atomic E-state index is 10.0. The van der Waals surface area contributed by atoms with Crippen LogP contribution in [0.5, 0.6) is 0 Å². The van der Waals surface area contributed by atoms with E-state index in [1.54, 1.807) is 0 Å². The molecule has 0 heterocycles. The summed E-state index contributed by atoms with van der Waals surface area (Å²) in [5, 5.41) is 13.6. The lowest BCUT2D eigenvalue weighted by Gasteiger charge is -2.17. The molecule has 3 heteroatoms. The van der Waals surface area contributed by atoms with Gasteiger partial charge < -0.3 is 15.2 Å². The summed E-state index contributed by atoms with van der Waals surface area (Å²) in [6.45, 7) is 1.25. The number of hydrogen-bond acceptors (Lipinski definition) is 3. The molecule has 5 unspecified atom stereocenters. The minimum atomic E-state index is -0.320. The molecule has 2 N–H and O–H groups in total. The molecule has 4 saturated carbocycles. The highest BCUT2D eigenvalue weighted by Gasteiger charge is 2.64. The maximum Gasteiger partial charge on any atom is 0.0897 e. The molecule has 4 fully saturated rings. The first-order valence-electron chi connectivity index (χ1n) is 8.36. The lowest BCUT2D eigenvalue weighted by molar-refractivity contribution is -0.00580. The van der Waals surface area contributed by atoms with Crippen molar-refractivity contribution in [2.75, 3.05) is 13.2 Å². The van der Waals surface area contributed by atoms with Crippen LogP contribution in [0.15, 0.2) is 0 Å². The first kappa shape index (κ1) is 12.6. The summed E-state index contributed by atoms with van der Waals surface area (Å²) in [7, 11) is 0. The average molecular weight is 265 g/mol. The molecule has 0 radical (unpaired) electrons. The summed E-state index contributed by atoms with van der Waals surface area (Å²) in [5.74, 6) is 3.95. The van der Waals surface area contributed by atoms with Gasteiger partial charge in [-0.1, -0.05) is 12.8 Å². The van der Waals surface area contributed by atoms with Gasteiger partial charge >= 0.3 is 0 Å². The molecule has 2 bridgehead atoms. The van der Waals surface area contributed by atoms with Crippen molar-refractivity contribution < 1.29 is 9.84 Å². The molecule has 3 nitrogen and oxygen atoms in total. The normalized spacial score (nSPS) is 45.6. The smallest absolute Gasteiger partial charge is 0.0897 e. The fraction of sp³-hybridized carbons (Fsp3) is 1.00. The van der Waals surface area contributed by atoms with E-state index < -0.39 is 0 Å². The summed E-state index contributed by atoms with van der Waals surface area (Å²) >= 11 is 0. The van der Waals surface area contributed by atoms with Crippen LogP contribution in [0.2, 0.25) is 0 Å². The molecule has 4 rings (SSSR count). The molecule has 4 aliphatic rings. The number of aliphatic hydroxyl groups excluding tert-OH is 1. The average Bonchev–Trinajstić information content (AvgIpc) is 2.88. The molecule has 0 aliphatic heterocycles. The van der Waals surface area contributed by atoms with Crippen molar-refractivity contribution in [2.24, 2.45) is 23.7 Å². The molecule has 108 valence electrons. The second-order valence-corrected chi connectivity index (χ2v) is 7.32. The van der Waals surface area contributed by atoms with Gasteiger partial charge in [-0.3, -0.25) is 0 Å². The lowest BCUT2D eigenvalue weighted by Crippen LogP contribution is -2.35. The molecular formula is C16H27NO2. The summed E-state index contributed by atoms with van der Waals surface area (Å²) < 4.78 is 5.78. The Morgan fingerprint density at radius 1 is 1.05 bits per heavy atom. The summed E-state index contributed by atoms with van der Waals surface area (Å²) in [6.07, 6.45) is 9.52. The van der Waals surface area contributed by atoms with Gasteiger partial charge in [-0.15, -0.1) is 0 Å². The van der Waals surface area contributed by atoms with Gasteiger partial charge in [0.05, 0.1) is 18.8 Å². The van der Waals surface area contributed by atoms with Gasteiger partial charge in [0.1, 0.15) is 0 Å². The summed E-state index contributed by atoms with van der Waals surface area (Å²) in [5.41, 5.74) is 0. The van der Waals surface area contributed by atoms with Crippen LogP contribution in [-0.4, -0.2) is 36.5 Å². The van der Waals surface area contributed by atoms with Gasteiger partial charge in [0.25, 0.3) is 0 Å². The Kier molecular flexibility index (Phi) is 3.33. The van der Waals surface area contributed by atoms with E-state index in [1.165, 1.54) is 44.9 Å². The number of ether oxygens (including phenoxy) is 1. The Morgan fingerprint density at radius 2 is 1.74 bits per heavy atom. The fourth-order valence-corrected chi connectivity index (χ4v) is 5.23. The van der Waals surface area contributed by atoms with Crippen LogP contribution in [0.3, 0.4) is 0 Å². The molecule has 0 spiro atoms. The van der Waals surface area contributed by atoms with Crippen LogP contribution in [0.4, 0.5) is 0 Å². The second kappa shape index (κ2) is 5.01. The predicted molar refractivity (Wildman–Crippen MR) is 73.8 cm³/mol. The highest BCUT2D eigenvalue weighted by molar-refractivity contribution is 5.16. The first-order valence-corrected chi connectivity index (χ1v) is 8.36. The molecule has 0 saturated heterocycles. The van der Waals surface area contributed by atoms with Crippen LogP contribution in [0.25, 0.3) is 0 Å². The summed E-state index contributed by atoms with van der Waals surface area (Å²) in [4.78, 5) is 0.